The fourth-order valence-corrected chi connectivity index (χ4v) is 6.41. The summed E-state index contributed by atoms with van der Waals surface area (Å²) in [6.45, 7) is 17.5. The number of carbonyl (C=O) groups is 5. The molecule has 250 valence electrons. The van der Waals surface area contributed by atoms with Gasteiger partial charge in [0.1, 0.15) is 17.7 Å². The van der Waals surface area contributed by atoms with E-state index in [4.69, 9.17) is 4.74 Å². The van der Waals surface area contributed by atoms with Crippen molar-refractivity contribution in [2.45, 2.75) is 118 Å². The highest BCUT2D eigenvalue weighted by molar-refractivity contribution is 6.38. The molecule has 5 atom stereocenters. The number of amides is 4. The summed E-state index contributed by atoms with van der Waals surface area (Å²) in [5.41, 5.74) is -0.347. The first-order valence-corrected chi connectivity index (χ1v) is 16.3. The summed E-state index contributed by atoms with van der Waals surface area (Å²) < 4.78 is 5.43. The summed E-state index contributed by atoms with van der Waals surface area (Å²) >= 11 is 0. The Labute approximate surface area is 268 Å². The standard InChI is InChI=1S/C35H54N4O6/c1-10-16-24(27(40)30(42)36-20-15-14-19-22-17-12-11-13-18-22)37-29(41)26-25-23(35(25,8)9)21-39(26)31(43)28(33(2,3)4)38-32(44)45-34(5,6)7/h11-13,17-18,23-26,28H,10,14-16,19-21H2,1-9H3,(H,36,42)(H,37,41)(H,38,44)/t23?,24?,25?,26-,28+/m0/s1. The van der Waals surface area contributed by atoms with Crippen LogP contribution in [0.25, 0.3) is 0 Å². The second-order valence-electron chi connectivity index (χ2n) is 15.2. The van der Waals surface area contributed by atoms with Gasteiger partial charge in [-0.2, -0.15) is 0 Å². The van der Waals surface area contributed by atoms with Crippen molar-refractivity contribution in [2.75, 3.05) is 13.1 Å². The fraction of sp³-hybridized carbons (Fsp3) is 0.686. The van der Waals surface area contributed by atoms with Crippen LogP contribution in [0.3, 0.4) is 0 Å². The number of fused-ring (bicyclic) bond motifs is 1. The molecule has 10 nitrogen and oxygen atoms in total. The first kappa shape index (κ1) is 36.0. The van der Waals surface area contributed by atoms with Crippen LogP contribution >= 0.6 is 0 Å². The third-order valence-electron chi connectivity index (χ3n) is 8.99. The van der Waals surface area contributed by atoms with Crippen LogP contribution in [0.15, 0.2) is 30.3 Å². The molecular formula is C35H54N4O6. The van der Waals surface area contributed by atoms with Gasteiger partial charge < -0.3 is 25.6 Å². The number of hydrogen-bond donors (Lipinski definition) is 3. The van der Waals surface area contributed by atoms with Crippen molar-refractivity contribution in [3.63, 3.8) is 0 Å². The average Bonchev–Trinajstić information content (AvgIpc) is 3.26. The Bertz CT molecular complexity index is 1230. The molecule has 2 fully saturated rings. The first-order chi connectivity index (χ1) is 20.9. The molecule has 0 spiro atoms. The maximum atomic E-state index is 14.0. The smallest absolute Gasteiger partial charge is 0.408 e. The molecule has 3 rings (SSSR count). The van der Waals surface area contributed by atoms with Gasteiger partial charge in [-0.15, -0.1) is 0 Å². The number of carbonyl (C=O) groups excluding carboxylic acids is 5. The van der Waals surface area contributed by atoms with Crippen LogP contribution in [-0.2, 0) is 30.3 Å². The fourth-order valence-electron chi connectivity index (χ4n) is 6.41. The Kier molecular flexibility index (Phi) is 11.5. The number of Topliss-reactive ketones (excluding diaryl/α,β-unsaturated/α-hetero) is 1. The van der Waals surface area contributed by atoms with Crippen molar-refractivity contribution < 1.29 is 28.7 Å². The van der Waals surface area contributed by atoms with E-state index >= 15 is 0 Å². The van der Waals surface area contributed by atoms with Gasteiger partial charge in [-0.3, -0.25) is 19.2 Å². The minimum Gasteiger partial charge on any atom is -0.444 e. The van der Waals surface area contributed by atoms with E-state index < -0.39 is 52.8 Å². The molecule has 1 aliphatic heterocycles. The normalized spacial score (nSPS) is 21.6. The minimum atomic E-state index is -0.997. The summed E-state index contributed by atoms with van der Waals surface area (Å²) in [5.74, 6) is -2.21. The molecule has 0 aromatic heterocycles. The lowest BCUT2D eigenvalue weighted by Crippen LogP contribution is -2.60. The number of nitrogens with one attached hydrogen (secondary N) is 3. The summed E-state index contributed by atoms with van der Waals surface area (Å²) in [5, 5.41) is 8.30. The average molecular weight is 627 g/mol. The van der Waals surface area contributed by atoms with E-state index in [0.717, 1.165) is 19.3 Å². The van der Waals surface area contributed by atoms with Gasteiger partial charge in [0, 0.05) is 13.1 Å². The number of piperidine rings is 1. The van der Waals surface area contributed by atoms with Crippen LogP contribution in [-0.4, -0.2) is 71.3 Å². The zero-order valence-electron chi connectivity index (χ0n) is 28.6. The predicted molar refractivity (Wildman–Crippen MR) is 173 cm³/mol. The Morgan fingerprint density at radius 2 is 1.62 bits per heavy atom. The quantitative estimate of drug-likeness (QED) is 0.220. The van der Waals surface area contributed by atoms with Crippen LogP contribution in [0.2, 0.25) is 0 Å². The second kappa shape index (κ2) is 14.3. The van der Waals surface area contributed by atoms with Gasteiger partial charge in [0.25, 0.3) is 5.91 Å². The molecule has 10 heteroatoms. The number of alkyl carbamates (subject to hydrolysis) is 1. The van der Waals surface area contributed by atoms with Crippen molar-refractivity contribution in [2.24, 2.45) is 22.7 Å². The van der Waals surface area contributed by atoms with Crippen LogP contribution in [0.1, 0.15) is 93.6 Å². The Balaban J connectivity index is 1.68. The van der Waals surface area contributed by atoms with E-state index in [0.29, 0.717) is 25.9 Å². The minimum absolute atomic E-state index is 0.0978. The third kappa shape index (κ3) is 9.30. The largest absolute Gasteiger partial charge is 0.444 e. The molecule has 1 aromatic carbocycles. The molecule has 1 aromatic rings. The highest BCUT2D eigenvalue weighted by Gasteiger charge is 2.70. The lowest BCUT2D eigenvalue weighted by molar-refractivity contribution is -0.145. The van der Waals surface area contributed by atoms with Gasteiger partial charge in [0.2, 0.25) is 17.6 Å². The lowest BCUT2D eigenvalue weighted by Gasteiger charge is -2.38. The highest BCUT2D eigenvalue weighted by Crippen LogP contribution is 2.65. The maximum absolute atomic E-state index is 14.0. The van der Waals surface area contributed by atoms with Gasteiger partial charge in [-0.05, 0) is 74.7 Å². The van der Waals surface area contributed by atoms with Crippen molar-refractivity contribution >= 4 is 29.6 Å². The maximum Gasteiger partial charge on any atom is 0.408 e. The van der Waals surface area contributed by atoms with E-state index in [-0.39, 0.29) is 23.2 Å². The van der Waals surface area contributed by atoms with Crippen LogP contribution in [0.5, 0.6) is 0 Å². The number of ketones is 1. The summed E-state index contributed by atoms with van der Waals surface area (Å²) in [6.07, 6.45) is 2.66. The zero-order valence-corrected chi connectivity index (χ0v) is 28.6. The molecule has 2 aliphatic rings. The van der Waals surface area contributed by atoms with Gasteiger partial charge in [0.15, 0.2) is 0 Å². The Morgan fingerprint density at radius 1 is 0.978 bits per heavy atom. The lowest BCUT2D eigenvalue weighted by atomic mass is 9.85. The van der Waals surface area contributed by atoms with Crippen molar-refractivity contribution in [1.82, 2.24) is 20.9 Å². The van der Waals surface area contributed by atoms with Gasteiger partial charge in [-0.1, -0.05) is 78.3 Å². The van der Waals surface area contributed by atoms with Crippen molar-refractivity contribution in [1.29, 1.82) is 0 Å². The molecule has 3 unspecified atom stereocenters. The second-order valence-corrected chi connectivity index (χ2v) is 15.2. The van der Waals surface area contributed by atoms with E-state index in [2.05, 4.69) is 41.9 Å². The monoisotopic (exact) mass is 626 g/mol. The number of ether oxygens (including phenoxy) is 1. The van der Waals surface area contributed by atoms with Crippen LogP contribution in [0.4, 0.5) is 4.79 Å². The SMILES string of the molecule is CCCC(NC(=O)[C@@H]1C2C(CN1C(=O)[C@@H](NC(=O)OC(C)(C)C)C(C)(C)C)C2(C)C)C(=O)C(=O)NCCCCc1ccccc1. The number of likely N-dealkylation sites (tertiary alicyclic amines) is 1. The molecule has 3 N–H and O–H groups in total. The molecule has 45 heavy (non-hydrogen) atoms. The Hall–Kier alpha value is -3.43. The molecular weight excluding hydrogens is 572 g/mol. The van der Waals surface area contributed by atoms with Crippen molar-refractivity contribution in [3.05, 3.63) is 35.9 Å². The zero-order chi connectivity index (χ0) is 33.7. The van der Waals surface area contributed by atoms with Gasteiger partial charge >= 0.3 is 6.09 Å². The topological polar surface area (TPSA) is 134 Å². The van der Waals surface area contributed by atoms with Gasteiger partial charge in [0.05, 0.1) is 6.04 Å². The summed E-state index contributed by atoms with van der Waals surface area (Å²) in [7, 11) is 0. The van der Waals surface area contributed by atoms with Crippen LogP contribution in [0, 0.1) is 22.7 Å². The summed E-state index contributed by atoms with van der Waals surface area (Å²) in [4.78, 5) is 68.2. The number of benzene rings is 1. The van der Waals surface area contributed by atoms with E-state index in [1.807, 2.05) is 45.9 Å². The molecule has 1 heterocycles. The molecule has 4 amide bonds. The van der Waals surface area contributed by atoms with E-state index in [9.17, 15) is 24.0 Å². The highest BCUT2D eigenvalue weighted by atomic mass is 16.6. The first-order valence-electron chi connectivity index (χ1n) is 16.3. The predicted octanol–water partition coefficient (Wildman–Crippen LogP) is 4.40. The molecule has 1 aliphatic carbocycles. The van der Waals surface area contributed by atoms with Crippen LogP contribution < -0.4 is 16.0 Å². The molecule has 1 saturated heterocycles. The Morgan fingerprint density at radius 3 is 2.20 bits per heavy atom. The summed E-state index contributed by atoms with van der Waals surface area (Å²) in [6, 6.07) is 7.32. The van der Waals surface area contributed by atoms with E-state index in [1.54, 1.807) is 25.7 Å². The third-order valence-corrected chi connectivity index (χ3v) is 8.99. The number of aryl methyl sites for hydroxylation is 1. The molecule has 0 radical (unpaired) electrons. The van der Waals surface area contributed by atoms with Gasteiger partial charge in [-0.25, -0.2) is 4.79 Å². The number of hydrogen-bond acceptors (Lipinski definition) is 6. The molecule has 1 saturated carbocycles. The van der Waals surface area contributed by atoms with E-state index in [1.165, 1.54) is 5.56 Å². The molecule has 0 bridgehead atoms. The number of unbranched alkanes of at least 4 members (excludes halogenated alkanes) is 1. The number of rotatable bonds is 13. The number of nitrogens with zero attached hydrogens (tertiary/aromatic N) is 1. The van der Waals surface area contributed by atoms with Crippen molar-refractivity contribution in [3.8, 4) is 0 Å².